The van der Waals surface area contributed by atoms with E-state index in [4.69, 9.17) is 6.57 Å². The lowest BCUT2D eigenvalue weighted by Crippen LogP contribution is -1.79. The van der Waals surface area contributed by atoms with E-state index in [9.17, 15) is 5.11 Å². The molecule has 0 amide bonds. The topological polar surface area (TPSA) is 37.5 Å². The molecule has 0 aliphatic rings. The van der Waals surface area contributed by atoms with Gasteiger partial charge in [-0.05, 0) is 39.5 Å². The van der Waals surface area contributed by atoms with Gasteiger partial charge in [-0.3, -0.25) is 4.98 Å². The van der Waals surface area contributed by atoms with Gasteiger partial charge in [0.1, 0.15) is 5.75 Å². The standard InChI is InChI=1S/C10H5BrN2O/c1-12-7-2-6-3-8(14)5-13-10(6)9(11)4-7/h2-5,14H. The molecule has 0 unspecified atom stereocenters. The number of halogens is 1. The van der Waals surface area contributed by atoms with Crippen molar-refractivity contribution in [2.24, 2.45) is 0 Å². The second-order valence-corrected chi connectivity index (χ2v) is 3.66. The quantitative estimate of drug-likeness (QED) is 0.727. The first kappa shape index (κ1) is 8.97. The lowest BCUT2D eigenvalue weighted by molar-refractivity contribution is 0.474. The maximum atomic E-state index is 9.23. The average Bonchev–Trinajstić information content (AvgIpc) is 2.16. The zero-order valence-electron chi connectivity index (χ0n) is 7.03. The van der Waals surface area contributed by atoms with E-state index in [0.717, 1.165) is 15.4 Å². The summed E-state index contributed by atoms with van der Waals surface area (Å²) in [7, 11) is 0. The highest BCUT2D eigenvalue weighted by molar-refractivity contribution is 9.10. The SMILES string of the molecule is [C-]#[N+]c1cc(Br)c2ncc(O)cc2c1. The Bertz CT molecular complexity index is 546. The van der Waals surface area contributed by atoms with Crippen LogP contribution in [0.1, 0.15) is 0 Å². The molecule has 0 radical (unpaired) electrons. The van der Waals surface area contributed by atoms with Crippen LogP contribution in [0, 0.1) is 6.57 Å². The maximum Gasteiger partial charge on any atom is 0.189 e. The number of hydrogen-bond acceptors (Lipinski definition) is 2. The minimum absolute atomic E-state index is 0.103. The summed E-state index contributed by atoms with van der Waals surface area (Å²) < 4.78 is 0.765. The van der Waals surface area contributed by atoms with E-state index >= 15 is 0 Å². The summed E-state index contributed by atoms with van der Waals surface area (Å²) in [5, 5.41) is 9.98. The lowest BCUT2D eigenvalue weighted by atomic mass is 10.2. The van der Waals surface area contributed by atoms with Gasteiger partial charge in [0, 0.05) is 4.47 Å². The molecule has 1 heterocycles. The number of pyridine rings is 1. The van der Waals surface area contributed by atoms with Gasteiger partial charge in [0.15, 0.2) is 5.69 Å². The molecule has 0 saturated heterocycles. The van der Waals surface area contributed by atoms with Crippen molar-refractivity contribution in [1.82, 2.24) is 4.98 Å². The number of fused-ring (bicyclic) bond motifs is 1. The minimum Gasteiger partial charge on any atom is -0.506 e. The summed E-state index contributed by atoms with van der Waals surface area (Å²) in [6.07, 6.45) is 1.38. The van der Waals surface area contributed by atoms with E-state index < -0.39 is 0 Å². The van der Waals surface area contributed by atoms with Crippen LogP contribution in [0.15, 0.2) is 28.9 Å². The molecule has 68 valence electrons. The van der Waals surface area contributed by atoms with Crippen LogP contribution >= 0.6 is 15.9 Å². The largest absolute Gasteiger partial charge is 0.506 e. The summed E-state index contributed by atoms with van der Waals surface area (Å²) in [5.41, 5.74) is 1.27. The van der Waals surface area contributed by atoms with Gasteiger partial charge in [0.05, 0.1) is 18.3 Å². The predicted molar refractivity (Wildman–Crippen MR) is 57.4 cm³/mol. The number of aromatic hydroxyl groups is 1. The molecule has 2 aromatic rings. The maximum absolute atomic E-state index is 9.23. The normalized spacial score (nSPS) is 10.0. The molecule has 1 aromatic heterocycles. The summed E-state index contributed by atoms with van der Waals surface area (Å²) in [6, 6.07) is 4.99. The fraction of sp³-hybridized carbons (Fsp3) is 0. The van der Waals surface area contributed by atoms with Gasteiger partial charge in [-0.15, -0.1) is 0 Å². The highest BCUT2D eigenvalue weighted by Crippen LogP contribution is 2.29. The Morgan fingerprint density at radius 2 is 2.14 bits per heavy atom. The molecule has 0 aliphatic heterocycles. The van der Waals surface area contributed by atoms with Crippen molar-refractivity contribution in [3.05, 3.63) is 40.3 Å². The van der Waals surface area contributed by atoms with Crippen LogP contribution in [-0.2, 0) is 0 Å². The number of rotatable bonds is 0. The van der Waals surface area contributed by atoms with Crippen LogP contribution in [0.5, 0.6) is 5.75 Å². The summed E-state index contributed by atoms with van der Waals surface area (Å²) in [6.45, 7) is 6.89. The first-order chi connectivity index (χ1) is 6.70. The molecule has 14 heavy (non-hydrogen) atoms. The number of hydrogen-bond donors (Lipinski definition) is 1. The van der Waals surface area contributed by atoms with Crippen LogP contribution in [0.3, 0.4) is 0 Å². The van der Waals surface area contributed by atoms with Gasteiger partial charge in [-0.2, -0.15) is 0 Å². The van der Waals surface area contributed by atoms with Crippen molar-refractivity contribution in [1.29, 1.82) is 0 Å². The Balaban J connectivity index is 2.85. The number of nitrogens with zero attached hydrogens (tertiary/aromatic N) is 2. The molecule has 1 N–H and O–H groups in total. The minimum atomic E-state index is 0.103. The Morgan fingerprint density at radius 1 is 1.36 bits per heavy atom. The van der Waals surface area contributed by atoms with Gasteiger partial charge in [-0.1, -0.05) is 0 Å². The van der Waals surface area contributed by atoms with Crippen molar-refractivity contribution in [2.45, 2.75) is 0 Å². The highest BCUT2D eigenvalue weighted by atomic mass is 79.9. The molecule has 0 saturated carbocycles. The number of benzene rings is 1. The Kier molecular flexibility index (Phi) is 2.10. The fourth-order valence-corrected chi connectivity index (χ4v) is 1.81. The molecule has 0 bridgehead atoms. The zero-order chi connectivity index (χ0) is 10.1. The van der Waals surface area contributed by atoms with Crippen LogP contribution in [0.4, 0.5) is 5.69 Å². The first-order valence-corrected chi connectivity index (χ1v) is 4.66. The van der Waals surface area contributed by atoms with Crippen LogP contribution in [0.2, 0.25) is 0 Å². The summed E-state index contributed by atoms with van der Waals surface area (Å²) >= 11 is 3.33. The predicted octanol–water partition coefficient (Wildman–Crippen LogP) is 3.25. The van der Waals surface area contributed by atoms with Crippen molar-refractivity contribution in [3.63, 3.8) is 0 Å². The summed E-state index contributed by atoms with van der Waals surface area (Å²) in [5.74, 6) is 0.103. The van der Waals surface area contributed by atoms with Gasteiger partial charge in [-0.25, -0.2) is 4.85 Å². The molecule has 1 aromatic carbocycles. The van der Waals surface area contributed by atoms with Crippen molar-refractivity contribution in [3.8, 4) is 5.75 Å². The lowest BCUT2D eigenvalue weighted by Gasteiger charge is -2.01. The molecule has 3 nitrogen and oxygen atoms in total. The van der Waals surface area contributed by atoms with Crippen molar-refractivity contribution in [2.75, 3.05) is 0 Å². The third-order valence-electron chi connectivity index (χ3n) is 1.84. The Labute approximate surface area is 89.0 Å². The van der Waals surface area contributed by atoms with Gasteiger partial charge in [0.2, 0.25) is 0 Å². The van der Waals surface area contributed by atoms with E-state index in [-0.39, 0.29) is 5.75 Å². The molecule has 0 fully saturated rings. The molecule has 2 rings (SSSR count). The molecule has 4 heteroatoms. The monoisotopic (exact) mass is 248 g/mol. The first-order valence-electron chi connectivity index (χ1n) is 3.86. The Hall–Kier alpha value is -1.60. The summed E-state index contributed by atoms with van der Waals surface area (Å²) in [4.78, 5) is 7.38. The van der Waals surface area contributed by atoms with Crippen molar-refractivity contribution < 1.29 is 5.11 Å². The second-order valence-electron chi connectivity index (χ2n) is 2.80. The average molecular weight is 249 g/mol. The molecule has 0 spiro atoms. The van der Waals surface area contributed by atoms with E-state index in [0.29, 0.717) is 5.69 Å². The number of aromatic nitrogens is 1. The van der Waals surface area contributed by atoms with E-state index in [1.165, 1.54) is 6.20 Å². The molecule has 0 atom stereocenters. The van der Waals surface area contributed by atoms with Gasteiger partial charge in [0.25, 0.3) is 0 Å². The second kappa shape index (κ2) is 3.28. The third-order valence-corrected chi connectivity index (χ3v) is 2.44. The van der Waals surface area contributed by atoms with Crippen LogP contribution < -0.4 is 0 Å². The highest BCUT2D eigenvalue weighted by Gasteiger charge is 2.03. The van der Waals surface area contributed by atoms with Gasteiger partial charge < -0.3 is 5.11 Å². The van der Waals surface area contributed by atoms with Gasteiger partial charge >= 0.3 is 0 Å². The van der Waals surface area contributed by atoms with Crippen LogP contribution in [0.25, 0.3) is 15.7 Å². The third kappa shape index (κ3) is 1.42. The van der Waals surface area contributed by atoms with E-state index in [1.807, 2.05) is 0 Å². The molecular formula is C10H5BrN2O. The van der Waals surface area contributed by atoms with E-state index in [1.54, 1.807) is 18.2 Å². The smallest absolute Gasteiger partial charge is 0.189 e. The van der Waals surface area contributed by atoms with E-state index in [2.05, 4.69) is 25.8 Å². The zero-order valence-corrected chi connectivity index (χ0v) is 8.62. The van der Waals surface area contributed by atoms with Crippen LogP contribution in [-0.4, -0.2) is 10.1 Å². The fourth-order valence-electron chi connectivity index (χ4n) is 1.24. The molecular weight excluding hydrogens is 244 g/mol. The van der Waals surface area contributed by atoms with Crippen molar-refractivity contribution >= 4 is 32.5 Å². The Morgan fingerprint density at radius 3 is 2.86 bits per heavy atom. The molecule has 0 aliphatic carbocycles.